The number of benzene rings is 2. The van der Waals surface area contributed by atoms with Crippen molar-refractivity contribution in [2.24, 2.45) is 0 Å². The van der Waals surface area contributed by atoms with Crippen LogP contribution in [0, 0.1) is 0 Å². The lowest BCUT2D eigenvalue weighted by atomic mass is 10.3. The van der Waals surface area contributed by atoms with Crippen LogP contribution in [-0.4, -0.2) is 32.8 Å². The summed E-state index contributed by atoms with van der Waals surface area (Å²) in [4.78, 5) is 4.63. The van der Waals surface area contributed by atoms with Gasteiger partial charge in [0.2, 0.25) is 10.0 Å². The molecular weight excluding hydrogens is 400 g/mol. The monoisotopic (exact) mass is 414 g/mol. The third-order valence-electron chi connectivity index (χ3n) is 3.30. The predicted octanol–water partition coefficient (Wildman–Crippen LogP) is 4.03. The molecule has 1 N–H and O–H groups in total. The second kappa shape index (κ2) is 7.92. The van der Waals surface area contributed by atoms with Crippen molar-refractivity contribution in [2.45, 2.75) is 9.24 Å². The molecule has 0 aliphatic rings. The minimum absolute atomic E-state index is 0.168. The van der Waals surface area contributed by atoms with Crippen LogP contribution in [0.2, 0.25) is 5.02 Å². The summed E-state index contributed by atoms with van der Waals surface area (Å²) >= 11 is 8.82. The quantitative estimate of drug-likeness (QED) is 0.467. The molecule has 0 spiro atoms. The zero-order chi connectivity index (χ0) is 17.9. The largest absolute Gasteiger partial charge is 0.492 e. The van der Waals surface area contributed by atoms with Gasteiger partial charge < -0.3 is 4.74 Å². The topological polar surface area (TPSA) is 68.3 Å². The van der Waals surface area contributed by atoms with Crippen LogP contribution in [0.5, 0.6) is 5.75 Å². The first-order valence-electron chi connectivity index (χ1n) is 7.30. The van der Waals surface area contributed by atoms with Crippen LogP contribution in [-0.2, 0) is 10.0 Å². The van der Waals surface area contributed by atoms with Gasteiger partial charge in [-0.25, -0.2) is 18.1 Å². The van der Waals surface area contributed by atoms with Gasteiger partial charge in [-0.2, -0.15) is 0 Å². The molecule has 1 heterocycles. The first-order chi connectivity index (χ1) is 12.0. The number of ether oxygens (including phenoxy) is 1. The fraction of sp³-hybridized carbons (Fsp3) is 0.188. The Labute approximate surface area is 159 Å². The molecule has 1 aromatic heterocycles. The van der Waals surface area contributed by atoms with Crippen molar-refractivity contribution < 1.29 is 13.2 Å². The van der Waals surface area contributed by atoms with Crippen molar-refractivity contribution in [3.63, 3.8) is 0 Å². The Morgan fingerprint density at radius 1 is 1.24 bits per heavy atom. The molecule has 3 rings (SSSR count). The van der Waals surface area contributed by atoms with E-state index in [1.807, 2.05) is 6.26 Å². The Balaban J connectivity index is 1.62. The fourth-order valence-electron chi connectivity index (χ4n) is 2.10. The molecule has 132 valence electrons. The summed E-state index contributed by atoms with van der Waals surface area (Å²) in [5, 5.41) is 0.621. The van der Waals surface area contributed by atoms with E-state index in [2.05, 4.69) is 9.71 Å². The van der Waals surface area contributed by atoms with Crippen LogP contribution in [0.15, 0.2) is 51.7 Å². The number of rotatable bonds is 7. The molecule has 3 aromatic rings. The number of hydrogen-bond acceptors (Lipinski definition) is 6. The van der Waals surface area contributed by atoms with E-state index in [0.717, 1.165) is 14.6 Å². The van der Waals surface area contributed by atoms with Crippen molar-refractivity contribution in [3.05, 3.63) is 47.5 Å². The number of fused-ring (bicyclic) bond motifs is 1. The number of hydrogen-bond donors (Lipinski definition) is 1. The molecular formula is C16H15ClN2O3S3. The minimum atomic E-state index is -3.59. The van der Waals surface area contributed by atoms with Crippen molar-refractivity contribution in [2.75, 3.05) is 19.4 Å². The van der Waals surface area contributed by atoms with E-state index in [0.29, 0.717) is 10.8 Å². The van der Waals surface area contributed by atoms with E-state index < -0.39 is 10.0 Å². The van der Waals surface area contributed by atoms with Gasteiger partial charge in [0, 0.05) is 11.6 Å². The molecule has 0 aliphatic carbocycles. The molecule has 0 atom stereocenters. The highest BCUT2D eigenvalue weighted by molar-refractivity contribution is 8.00. The minimum Gasteiger partial charge on any atom is -0.492 e. The van der Waals surface area contributed by atoms with Gasteiger partial charge >= 0.3 is 0 Å². The number of thiazole rings is 1. The summed E-state index contributed by atoms with van der Waals surface area (Å²) in [5.74, 6) is 0.638. The maximum Gasteiger partial charge on any atom is 0.240 e. The Morgan fingerprint density at radius 3 is 2.72 bits per heavy atom. The molecule has 0 aliphatic heterocycles. The zero-order valence-electron chi connectivity index (χ0n) is 13.2. The number of aromatic nitrogens is 1. The van der Waals surface area contributed by atoms with Crippen molar-refractivity contribution in [3.8, 4) is 5.75 Å². The molecule has 0 saturated carbocycles. The van der Waals surface area contributed by atoms with Crippen LogP contribution in [0.25, 0.3) is 10.2 Å². The average molecular weight is 415 g/mol. The van der Waals surface area contributed by atoms with Gasteiger partial charge in [0.25, 0.3) is 0 Å². The van der Waals surface area contributed by atoms with Gasteiger partial charge in [-0.05, 0) is 48.7 Å². The lowest BCUT2D eigenvalue weighted by Gasteiger charge is -2.08. The van der Waals surface area contributed by atoms with E-state index in [9.17, 15) is 8.42 Å². The maximum absolute atomic E-state index is 12.4. The number of nitrogens with one attached hydrogen (secondary N) is 1. The highest BCUT2D eigenvalue weighted by Crippen LogP contribution is 2.29. The first kappa shape index (κ1) is 18.5. The number of sulfonamides is 1. The van der Waals surface area contributed by atoms with Crippen molar-refractivity contribution >= 4 is 54.9 Å². The van der Waals surface area contributed by atoms with Gasteiger partial charge in [0.1, 0.15) is 12.4 Å². The third kappa shape index (κ3) is 4.65. The van der Waals surface area contributed by atoms with E-state index >= 15 is 0 Å². The Kier molecular flexibility index (Phi) is 5.85. The van der Waals surface area contributed by atoms with Gasteiger partial charge in [-0.15, -0.1) is 11.3 Å². The molecule has 25 heavy (non-hydrogen) atoms. The van der Waals surface area contributed by atoms with E-state index in [-0.39, 0.29) is 18.0 Å². The summed E-state index contributed by atoms with van der Waals surface area (Å²) in [6.07, 6.45) is 1.94. The molecule has 9 heteroatoms. The van der Waals surface area contributed by atoms with E-state index in [4.69, 9.17) is 16.3 Å². The fourth-order valence-corrected chi connectivity index (χ4v) is 4.87. The molecule has 0 bridgehead atoms. The Morgan fingerprint density at radius 2 is 2.00 bits per heavy atom. The number of thioether (sulfide) groups is 1. The summed E-state index contributed by atoms with van der Waals surface area (Å²) in [6, 6.07) is 11.8. The summed E-state index contributed by atoms with van der Waals surface area (Å²) < 4.78 is 34.6. The van der Waals surface area contributed by atoms with Gasteiger partial charge in [0.15, 0.2) is 4.34 Å². The van der Waals surface area contributed by atoms with Crippen LogP contribution < -0.4 is 9.46 Å². The summed E-state index contributed by atoms with van der Waals surface area (Å²) in [7, 11) is -3.59. The maximum atomic E-state index is 12.4. The lowest BCUT2D eigenvalue weighted by molar-refractivity contribution is 0.323. The lowest BCUT2D eigenvalue weighted by Crippen LogP contribution is -2.28. The molecule has 5 nitrogen and oxygen atoms in total. The molecule has 0 fully saturated rings. The van der Waals surface area contributed by atoms with Crippen molar-refractivity contribution in [1.82, 2.24) is 9.71 Å². The molecule has 2 aromatic carbocycles. The van der Waals surface area contributed by atoms with E-state index in [1.54, 1.807) is 54.2 Å². The van der Waals surface area contributed by atoms with Gasteiger partial charge in [-0.3, -0.25) is 0 Å². The van der Waals surface area contributed by atoms with Crippen LogP contribution in [0.3, 0.4) is 0 Å². The average Bonchev–Trinajstić information content (AvgIpc) is 3.02. The van der Waals surface area contributed by atoms with Gasteiger partial charge in [-0.1, -0.05) is 23.4 Å². The van der Waals surface area contributed by atoms with Crippen molar-refractivity contribution in [1.29, 1.82) is 0 Å². The second-order valence-corrected chi connectivity index (χ2v) is 9.30. The third-order valence-corrected chi connectivity index (χ3v) is 7.02. The number of halogens is 1. The predicted molar refractivity (Wildman–Crippen MR) is 104 cm³/mol. The highest BCUT2D eigenvalue weighted by atomic mass is 35.5. The van der Waals surface area contributed by atoms with Crippen LogP contribution in [0.1, 0.15) is 0 Å². The first-order valence-corrected chi connectivity index (χ1v) is 11.2. The smallest absolute Gasteiger partial charge is 0.240 e. The standard InChI is InChI=1S/C16H15ClN2O3S3/c1-23-16-19-14-7-6-13(10-15(14)24-16)25(20,21)18-8-9-22-12-4-2-11(17)3-5-12/h2-7,10,18H,8-9H2,1H3. The second-order valence-electron chi connectivity index (χ2n) is 5.01. The normalized spacial score (nSPS) is 11.8. The Hall–Kier alpha value is -1.32. The zero-order valence-corrected chi connectivity index (χ0v) is 16.4. The molecule has 0 unspecified atom stereocenters. The van der Waals surface area contributed by atoms with E-state index in [1.165, 1.54) is 11.3 Å². The highest BCUT2D eigenvalue weighted by Gasteiger charge is 2.15. The number of nitrogens with zero attached hydrogens (tertiary/aromatic N) is 1. The molecule has 0 amide bonds. The van der Waals surface area contributed by atoms with Gasteiger partial charge in [0.05, 0.1) is 15.1 Å². The molecule has 0 radical (unpaired) electrons. The Bertz CT molecular complexity index is 972. The SMILES string of the molecule is CSc1nc2ccc(S(=O)(=O)NCCOc3ccc(Cl)cc3)cc2s1. The van der Waals surface area contributed by atoms with Crippen LogP contribution in [0.4, 0.5) is 0 Å². The molecule has 0 saturated heterocycles. The summed E-state index contributed by atoms with van der Waals surface area (Å²) in [6.45, 7) is 0.391. The van der Waals surface area contributed by atoms with Crippen LogP contribution >= 0.6 is 34.7 Å². The summed E-state index contributed by atoms with van der Waals surface area (Å²) in [5.41, 5.74) is 0.805.